The molecule has 2 aromatic rings. The van der Waals surface area contributed by atoms with Crippen molar-refractivity contribution in [1.82, 2.24) is 15.5 Å². The monoisotopic (exact) mass is 269 g/mol. The number of allylic oxidation sites excluding steroid dienone is 1. The molecular formula is C16H19N3O. The van der Waals surface area contributed by atoms with Crippen LogP contribution in [0.15, 0.2) is 36.0 Å². The number of hydrogen-bond acceptors (Lipinski definition) is 2. The Hall–Kier alpha value is -2.10. The van der Waals surface area contributed by atoms with Gasteiger partial charge in [-0.15, -0.1) is 0 Å². The molecule has 0 unspecified atom stereocenters. The van der Waals surface area contributed by atoms with Gasteiger partial charge in [0.25, 0.3) is 5.91 Å². The molecule has 1 amide bonds. The van der Waals surface area contributed by atoms with Crippen molar-refractivity contribution in [3.63, 3.8) is 0 Å². The van der Waals surface area contributed by atoms with Gasteiger partial charge in [0.2, 0.25) is 0 Å². The maximum absolute atomic E-state index is 12.1. The summed E-state index contributed by atoms with van der Waals surface area (Å²) in [7, 11) is 0. The number of nitrogens with zero attached hydrogens (tertiary/aromatic N) is 1. The minimum absolute atomic E-state index is 0.0158. The Labute approximate surface area is 118 Å². The number of aromatic amines is 1. The van der Waals surface area contributed by atoms with Gasteiger partial charge in [0.15, 0.2) is 0 Å². The molecule has 0 fully saturated rings. The van der Waals surface area contributed by atoms with E-state index in [1.807, 2.05) is 18.2 Å². The number of nitrogens with one attached hydrogen (secondary N) is 2. The van der Waals surface area contributed by atoms with Gasteiger partial charge in [0, 0.05) is 17.5 Å². The van der Waals surface area contributed by atoms with Crippen molar-refractivity contribution < 1.29 is 4.79 Å². The number of aromatic nitrogens is 2. The summed E-state index contributed by atoms with van der Waals surface area (Å²) in [5.41, 5.74) is 3.06. The third-order valence-corrected chi connectivity index (χ3v) is 3.82. The number of rotatable bonds is 4. The van der Waals surface area contributed by atoms with Crippen LogP contribution >= 0.6 is 0 Å². The number of H-pyrrole nitrogens is 1. The summed E-state index contributed by atoms with van der Waals surface area (Å²) in [5.74, 6) is -0.0158. The molecule has 3 rings (SSSR count). The first-order valence-corrected chi connectivity index (χ1v) is 7.22. The molecule has 20 heavy (non-hydrogen) atoms. The van der Waals surface area contributed by atoms with E-state index in [2.05, 4.69) is 21.6 Å². The minimum Gasteiger partial charge on any atom is -0.352 e. The SMILES string of the molecule is O=C(NCCC1=CCCCC1)c1ccc2cn[nH]c2c1. The maximum atomic E-state index is 12.1. The van der Waals surface area contributed by atoms with Crippen molar-refractivity contribution >= 4 is 16.8 Å². The molecule has 1 aromatic heterocycles. The van der Waals surface area contributed by atoms with E-state index in [0.29, 0.717) is 12.1 Å². The number of carbonyl (C=O) groups is 1. The van der Waals surface area contributed by atoms with Crippen LogP contribution in [0.5, 0.6) is 0 Å². The Kier molecular flexibility index (Phi) is 3.81. The molecule has 1 heterocycles. The molecule has 0 radical (unpaired) electrons. The lowest BCUT2D eigenvalue weighted by Crippen LogP contribution is -2.24. The first-order valence-electron chi connectivity index (χ1n) is 7.22. The molecule has 0 bridgehead atoms. The number of amides is 1. The zero-order chi connectivity index (χ0) is 13.8. The molecule has 0 aliphatic heterocycles. The predicted molar refractivity (Wildman–Crippen MR) is 79.6 cm³/mol. The molecule has 0 saturated carbocycles. The van der Waals surface area contributed by atoms with Crippen molar-refractivity contribution in [2.45, 2.75) is 32.1 Å². The van der Waals surface area contributed by atoms with Crippen LogP contribution < -0.4 is 5.32 Å². The van der Waals surface area contributed by atoms with Crippen LogP contribution in [-0.4, -0.2) is 22.6 Å². The second-order valence-corrected chi connectivity index (χ2v) is 5.29. The van der Waals surface area contributed by atoms with Crippen molar-refractivity contribution in [2.75, 3.05) is 6.54 Å². The van der Waals surface area contributed by atoms with Gasteiger partial charge in [-0.3, -0.25) is 9.89 Å². The summed E-state index contributed by atoms with van der Waals surface area (Å²) in [4.78, 5) is 12.1. The summed E-state index contributed by atoms with van der Waals surface area (Å²) in [6, 6.07) is 5.60. The topological polar surface area (TPSA) is 57.8 Å². The Balaban J connectivity index is 1.57. The Morgan fingerprint density at radius 2 is 2.30 bits per heavy atom. The minimum atomic E-state index is -0.0158. The molecule has 2 N–H and O–H groups in total. The standard InChI is InChI=1S/C16H19N3O/c20-16(17-9-8-12-4-2-1-3-5-12)13-6-7-14-11-18-19-15(14)10-13/h4,6-7,10-11H,1-3,5,8-9H2,(H,17,20)(H,18,19). The molecule has 1 aromatic carbocycles. The zero-order valence-electron chi connectivity index (χ0n) is 11.5. The van der Waals surface area contributed by atoms with Crippen LogP contribution in [0.2, 0.25) is 0 Å². The molecule has 0 saturated heterocycles. The average molecular weight is 269 g/mol. The van der Waals surface area contributed by atoms with Crippen LogP contribution in [0.1, 0.15) is 42.5 Å². The highest BCUT2D eigenvalue weighted by Crippen LogP contribution is 2.19. The first kappa shape index (κ1) is 12.9. The van der Waals surface area contributed by atoms with Crippen LogP contribution in [-0.2, 0) is 0 Å². The molecule has 0 atom stereocenters. The molecule has 4 nitrogen and oxygen atoms in total. The second kappa shape index (κ2) is 5.90. The first-order chi connectivity index (χ1) is 9.83. The van der Waals surface area contributed by atoms with E-state index in [4.69, 9.17) is 0 Å². The molecule has 104 valence electrons. The molecule has 4 heteroatoms. The molecule has 1 aliphatic rings. The Bertz CT molecular complexity index is 642. The highest BCUT2D eigenvalue weighted by Gasteiger charge is 2.08. The molecule has 0 spiro atoms. The fraction of sp³-hybridized carbons (Fsp3) is 0.375. The lowest BCUT2D eigenvalue weighted by molar-refractivity contribution is 0.0954. The molecule has 1 aliphatic carbocycles. The van der Waals surface area contributed by atoms with Gasteiger partial charge in [-0.25, -0.2) is 0 Å². The van der Waals surface area contributed by atoms with E-state index >= 15 is 0 Å². The third kappa shape index (κ3) is 2.90. The smallest absolute Gasteiger partial charge is 0.251 e. The van der Waals surface area contributed by atoms with Gasteiger partial charge in [0.1, 0.15) is 0 Å². The lowest BCUT2D eigenvalue weighted by Gasteiger charge is -2.12. The van der Waals surface area contributed by atoms with Gasteiger partial charge in [-0.05, 0) is 44.2 Å². The van der Waals surface area contributed by atoms with Crippen LogP contribution in [0.25, 0.3) is 10.9 Å². The van der Waals surface area contributed by atoms with Crippen molar-refractivity contribution in [1.29, 1.82) is 0 Å². The number of benzene rings is 1. The Morgan fingerprint density at radius 1 is 1.35 bits per heavy atom. The van der Waals surface area contributed by atoms with Crippen LogP contribution in [0.4, 0.5) is 0 Å². The number of fused-ring (bicyclic) bond motifs is 1. The average Bonchev–Trinajstić information content (AvgIpc) is 2.95. The van der Waals surface area contributed by atoms with E-state index < -0.39 is 0 Å². The summed E-state index contributed by atoms with van der Waals surface area (Å²) in [5, 5.41) is 10.9. The normalized spacial score (nSPS) is 15.1. The van der Waals surface area contributed by atoms with E-state index in [1.54, 1.807) is 6.20 Å². The number of hydrogen-bond donors (Lipinski definition) is 2. The summed E-state index contributed by atoms with van der Waals surface area (Å²) in [6.07, 6.45) is 10.0. The van der Waals surface area contributed by atoms with Gasteiger partial charge in [-0.2, -0.15) is 5.10 Å². The summed E-state index contributed by atoms with van der Waals surface area (Å²) >= 11 is 0. The third-order valence-electron chi connectivity index (χ3n) is 3.82. The fourth-order valence-corrected chi connectivity index (χ4v) is 2.65. The van der Waals surface area contributed by atoms with Crippen molar-refractivity contribution in [3.8, 4) is 0 Å². The summed E-state index contributed by atoms with van der Waals surface area (Å²) < 4.78 is 0. The highest BCUT2D eigenvalue weighted by atomic mass is 16.1. The van der Waals surface area contributed by atoms with Crippen molar-refractivity contribution in [2.24, 2.45) is 0 Å². The predicted octanol–water partition coefficient (Wildman–Crippen LogP) is 3.18. The van der Waals surface area contributed by atoms with E-state index in [9.17, 15) is 4.79 Å². The summed E-state index contributed by atoms with van der Waals surface area (Å²) in [6.45, 7) is 0.714. The highest BCUT2D eigenvalue weighted by molar-refractivity contribution is 5.97. The van der Waals surface area contributed by atoms with Gasteiger partial charge < -0.3 is 5.32 Å². The van der Waals surface area contributed by atoms with Gasteiger partial charge in [0.05, 0.1) is 11.7 Å². The van der Waals surface area contributed by atoms with E-state index in [1.165, 1.54) is 31.3 Å². The van der Waals surface area contributed by atoms with Crippen molar-refractivity contribution in [3.05, 3.63) is 41.6 Å². The van der Waals surface area contributed by atoms with E-state index in [-0.39, 0.29) is 5.91 Å². The quantitative estimate of drug-likeness (QED) is 0.837. The molecular weight excluding hydrogens is 250 g/mol. The zero-order valence-corrected chi connectivity index (χ0v) is 11.5. The maximum Gasteiger partial charge on any atom is 0.251 e. The van der Waals surface area contributed by atoms with Gasteiger partial charge >= 0.3 is 0 Å². The van der Waals surface area contributed by atoms with Gasteiger partial charge in [-0.1, -0.05) is 17.7 Å². The fourth-order valence-electron chi connectivity index (χ4n) is 2.65. The lowest BCUT2D eigenvalue weighted by atomic mass is 9.97. The second-order valence-electron chi connectivity index (χ2n) is 5.29. The Morgan fingerprint density at radius 3 is 3.15 bits per heavy atom. The largest absolute Gasteiger partial charge is 0.352 e. The van der Waals surface area contributed by atoms with E-state index in [0.717, 1.165) is 17.3 Å². The van der Waals surface area contributed by atoms with Crippen LogP contribution in [0, 0.1) is 0 Å². The van der Waals surface area contributed by atoms with Crippen LogP contribution in [0.3, 0.4) is 0 Å². The number of carbonyl (C=O) groups excluding carboxylic acids is 1.